The largest absolute Gasteiger partial charge is 0.365 e. The zero-order chi connectivity index (χ0) is 9.14. The summed E-state index contributed by atoms with van der Waals surface area (Å²) in [5.41, 5.74) is 5.26. The van der Waals surface area contributed by atoms with Crippen molar-refractivity contribution in [3.05, 3.63) is 35.1 Å². The minimum absolute atomic E-state index is 0.0794. The molecule has 0 radical (unpaired) electrons. The number of primary amides is 1. The Morgan fingerprint density at radius 2 is 2.25 bits per heavy atom. The van der Waals surface area contributed by atoms with Gasteiger partial charge >= 0.3 is 0 Å². The Balaban J connectivity index is 3.29. The summed E-state index contributed by atoms with van der Waals surface area (Å²) >= 11 is 5.47. The molecule has 0 aromatic heterocycles. The highest BCUT2D eigenvalue weighted by Crippen LogP contribution is 2.14. The Labute approximate surface area is 74.1 Å². The number of amides is 1. The summed E-state index contributed by atoms with van der Waals surface area (Å²) in [6, 6.07) is 4.23. The molecule has 0 aliphatic carbocycles. The lowest BCUT2D eigenvalue weighted by Gasteiger charge is -2.02. The van der Waals surface area contributed by atoms with E-state index < -0.39 is 11.7 Å². The number of benzene rings is 1. The van der Waals surface area contributed by atoms with Crippen LogP contribution in [0.4, 0.5) is 4.39 Å². The molecule has 0 atom stereocenters. The summed E-state index contributed by atoms with van der Waals surface area (Å²) in [5.74, 6) is -1.33. The molecule has 1 rings (SSSR count). The van der Waals surface area contributed by atoms with Gasteiger partial charge in [0.05, 0.1) is 5.56 Å². The molecule has 1 aromatic carbocycles. The van der Waals surface area contributed by atoms with Gasteiger partial charge in [0.1, 0.15) is 5.82 Å². The third-order valence-electron chi connectivity index (χ3n) is 1.49. The Morgan fingerprint density at radius 3 is 2.67 bits per heavy atom. The molecule has 0 unspecified atom stereocenters. The topological polar surface area (TPSA) is 43.1 Å². The first kappa shape index (κ1) is 9.00. The van der Waals surface area contributed by atoms with Gasteiger partial charge < -0.3 is 5.73 Å². The molecule has 0 bridgehead atoms. The van der Waals surface area contributed by atoms with Crippen molar-refractivity contribution in [3.63, 3.8) is 0 Å². The molecular formula is C8H7ClFNO. The zero-order valence-corrected chi connectivity index (χ0v) is 6.94. The van der Waals surface area contributed by atoms with E-state index in [4.69, 9.17) is 17.3 Å². The summed E-state index contributed by atoms with van der Waals surface area (Å²) in [6.07, 6.45) is 0. The first-order valence-electron chi connectivity index (χ1n) is 3.30. The van der Waals surface area contributed by atoms with Crippen LogP contribution in [0.2, 0.25) is 0 Å². The smallest absolute Gasteiger partial charge is 0.251 e. The van der Waals surface area contributed by atoms with Gasteiger partial charge in [0.25, 0.3) is 5.91 Å². The monoisotopic (exact) mass is 187 g/mol. The molecule has 0 saturated carbocycles. The van der Waals surface area contributed by atoms with Crippen LogP contribution < -0.4 is 5.73 Å². The lowest BCUT2D eigenvalue weighted by molar-refractivity contribution is 0.0996. The van der Waals surface area contributed by atoms with Crippen molar-refractivity contribution in [1.29, 1.82) is 0 Å². The average molecular weight is 188 g/mol. The predicted octanol–water partition coefficient (Wildman–Crippen LogP) is 1.66. The molecule has 2 N–H and O–H groups in total. The van der Waals surface area contributed by atoms with Gasteiger partial charge in [-0.3, -0.25) is 4.79 Å². The van der Waals surface area contributed by atoms with Gasteiger partial charge in [-0.15, -0.1) is 11.6 Å². The van der Waals surface area contributed by atoms with Crippen LogP contribution in [0.3, 0.4) is 0 Å². The second kappa shape index (κ2) is 3.54. The Bertz CT molecular complexity index is 314. The number of halogens is 2. The van der Waals surface area contributed by atoms with Crippen LogP contribution in [0.1, 0.15) is 15.9 Å². The van der Waals surface area contributed by atoms with Crippen LogP contribution >= 0.6 is 11.6 Å². The molecule has 0 fully saturated rings. The van der Waals surface area contributed by atoms with Crippen molar-refractivity contribution >= 4 is 17.5 Å². The van der Waals surface area contributed by atoms with Crippen LogP contribution in [0.25, 0.3) is 0 Å². The summed E-state index contributed by atoms with van der Waals surface area (Å²) in [4.78, 5) is 10.7. The van der Waals surface area contributed by atoms with Crippen molar-refractivity contribution in [2.24, 2.45) is 5.73 Å². The van der Waals surface area contributed by atoms with Crippen molar-refractivity contribution in [1.82, 2.24) is 0 Å². The van der Waals surface area contributed by atoms with Crippen molar-refractivity contribution < 1.29 is 9.18 Å². The SMILES string of the molecule is NC(=O)c1c(F)cccc1CCl. The molecule has 2 nitrogen and oxygen atoms in total. The number of alkyl halides is 1. The highest BCUT2D eigenvalue weighted by molar-refractivity contribution is 6.17. The van der Waals surface area contributed by atoms with E-state index in [9.17, 15) is 9.18 Å². The summed E-state index contributed by atoms with van der Waals surface area (Å²) in [7, 11) is 0. The second-order valence-electron chi connectivity index (χ2n) is 2.27. The molecule has 1 aromatic rings. The lowest BCUT2D eigenvalue weighted by atomic mass is 10.1. The number of carbonyl (C=O) groups excluding carboxylic acids is 1. The quantitative estimate of drug-likeness (QED) is 0.704. The fourth-order valence-corrected chi connectivity index (χ4v) is 1.18. The number of rotatable bonds is 2. The van der Waals surface area contributed by atoms with E-state index in [1.807, 2.05) is 0 Å². The first-order chi connectivity index (χ1) is 5.66. The van der Waals surface area contributed by atoms with Crippen molar-refractivity contribution in [2.75, 3.05) is 0 Å². The van der Waals surface area contributed by atoms with E-state index in [1.165, 1.54) is 12.1 Å². The van der Waals surface area contributed by atoms with Crippen molar-refractivity contribution in [2.45, 2.75) is 5.88 Å². The van der Waals surface area contributed by atoms with Gasteiger partial charge in [0.15, 0.2) is 0 Å². The maximum atomic E-state index is 12.9. The van der Waals surface area contributed by atoms with E-state index in [0.717, 1.165) is 0 Å². The van der Waals surface area contributed by atoms with Crippen molar-refractivity contribution in [3.8, 4) is 0 Å². The minimum atomic E-state index is -0.788. The van der Waals surface area contributed by atoms with E-state index in [-0.39, 0.29) is 11.4 Å². The predicted molar refractivity (Wildman–Crippen MR) is 44.5 cm³/mol. The molecule has 0 aliphatic heterocycles. The minimum Gasteiger partial charge on any atom is -0.365 e. The summed E-state index contributed by atoms with van der Waals surface area (Å²) in [5, 5.41) is 0. The van der Waals surface area contributed by atoms with Gasteiger partial charge in [0, 0.05) is 5.88 Å². The third-order valence-corrected chi connectivity index (χ3v) is 1.78. The standard InChI is InChI=1S/C8H7ClFNO/c9-4-5-2-1-3-6(10)7(5)8(11)12/h1-3H,4H2,(H2,11,12). The summed E-state index contributed by atoms with van der Waals surface area (Å²) < 4.78 is 12.9. The van der Waals surface area contributed by atoms with Gasteiger partial charge in [-0.2, -0.15) is 0 Å². The zero-order valence-electron chi connectivity index (χ0n) is 6.18. The molecule has 0 spiro atoms. The summed E-state index contributed by atoms with van der Waals surface area (Å²) in [6.45, 7) is 0. The van der Waals surface area contributed by atoms with Crippen LogP contribution in [-0.4, -0.2) is 5.91 Å². The van der Waals surface area contributed by atoms with Crippen LogP contribution in [-0.2, 0) is 5.88 Å². The second-order valence-corrected chi connectivity index (χ2v) is 2.54. The number of hydrogen-bond donors (Lipinski definition) is 1. The van der Waals surface area contributed by atoms with E-state index in [0.29, 0.717) is 5.56 Å². The van der Waals surface area contributed by atoms with Gasteiger partial charge in [-0.25, -0.2) is 4.39 Å². The number of carbonyl (C=O) groups is 1. The highest BCUT2D eigenvalue weighted by atomic mass is 35.5. The molecule has 0 saturated heterocycles. The van der Waals surface area contributed by atoms with Gasteiger partial charge in [-0.05, 0) is 11.6 Å². The normalized spacial score (nSPS) is 9.83. The molecule has 64 valence electrons. The fraction of sp³-hybridized carbons (Fsp3) is 0.125. The average Bonchev–Trinajstić information content (AvgIpc) is 2.03. The molecule has 0 aliphatic rings. The van der Waals surface area contributed by atoms with E-state index >= 15 is 0 Å². The molecule has 1 amide bonds. The Morgan fingerprint density at radius 1 is 1.58 bits per heavy atom. The number of hydrogen-bond acceptors (Lipinski definition) is 1. The Kier molecular flexibility index (Phi) is 2.65. The van der Waals surface area contributed by atoms with Crippen LogP contribution in [0.5, 0.6) is 0 Å². The lowest BCUT2D eigenvalue weighted by Crippen LogP contribution is -2.15. The number of nitrogens with two attached hydrogens (primary N) is 1. The third kappa shape index (κ3) is 1.56. The van der Waals surface area contributed by atoms with Gasteiger partial charge in [-0.1, -0.05) is 12.1 Å². The molecular weight excluding hydrogens is 181 g/mol. The van der Waals surface area contributed by atoms with Crippen LogP contribution in [0, 0.1) is 5.82 Å². The van der Waals surface area contributed by atoms with E-state index in [2.05, 4.69) is 0 Å². The molecule has 12 heavy (non-hydrogen) atoms. The molecule has 0 heterocycles. The maximum Gasteiger partial charge on any atom is 0.251 e. The highest BCUT2D eigenvalue weighted by Gasteiger charge is 2.11. The molecule has 4 heteroatoms. The first-order valence-corrected chi connectivity index (χ1v) is 3.83. The maximum absolute atomic E-state index is 12.9. The Hall–Kier alpha value is -1.09. The van der Waals surface area contributed by atoms with Gasteiger partial charge in [0.2, 0.25) is 0 Å². The van der Waals surface area contributed by atoms with E-state index in [1.54, 1.807) is 6.07 Å². The van der Waals surface area contributed by atoms with Crippen LogP contribution in [0.15, 0.2) is 18.2 Å². The fourth-order valence-electron chi connectivity index (χ4n) is 0.956.